The summed E-state index contributed by atoms with van der Waals surface area (Å²) in [6.07, 6.45) is 7.75. The molecule has 6 nitrogen and oxygen atoms in total. The van der Waals surface area contributed by atoms with Gasteiger partial charge in [0, 0.05) is 18.8 Å². The van der Waals surface area contributed by atoms with E-state index in [4.69, 9.17) is 4.74 Å². The third-order valence-electron chi connectivity index (χ3n) is 7.14. The first kappa shape index (κ1) is 23.8. The highest BCUT2D eigenvalue weighted by molar-refractivity contribution is 5.96. The lowest BCUT2D eigenvalue weighted by molar-refractivity contribution is 0.0675. The first-order chi connectivity index (χ1) is 18.7. The topological polar surface area (TPSA) is 54.8 Å². The summed E-state index contributed by atoms with van der Waals surface area (Å²) >= 11 is 0. The lowest BCUT2D eigenvalue weighted by atomic mass is 9.93. The maximum absolute atomic E-state index is 13.9. The molecule has 1 aromatic heterocycles. The lowest BCUT2D eigenvalue weighted by Gasteiger charge is -2.44. The molecular weight excluding hydrogens is 474 g/mol. The summed E-state index contributed by atoms with van der Waals surface area (Å²) in [5.41, 5.74) is 4.26. The molecule has 6 heteroatoms. The van der Waals surface area contributed by atoms with Gasteiger partial charge in [0.1, 0.15) is 13.3 Å². The average Bonchev–Trinajstić information content (AvgIpc) is 2.99. The van der Waals surface area contributed by atoms with Gasteiger partial charge in [0.15, 0.2) is 11.4 Å². The SMILES string of the molecule is O=C1c2c(OCc3ccccc3)c(=O)ccn2N2CN1CCC/C=C\c1ccccc1C2c1ccccc1. The zero-order valence-corrected chi connectivity index (χ0v) is 21.1. The molecule has 0 spiro atoms. The summed E-state index contributed by atoms with van der Waals surface area (Å²) in [5.74, 6) is -0.102. The zero-order valence-electron chi connectivity index (χ0n) is 21.1. The van der Waals surface area contributed by atoms with Crippen LogP contribution in [0.25, 0.3) is 6.08 Å². The number of rotatable bonds is 4. The van der Waals surface area contributed by atoms with Crippen LogP contribution in [0.1, 0.15) is 51.6 Å². The van der Waals surface area contributed by atoms with E-state index < -0.39 is 0 Å². The van der Waals surface area contributed by atoms with E-state index in [1.165, 1.54) is 6.07 Å². The van der Waals surface area contributed by atoms with Crippen molar-refractivity contribution < 1.29 is 9.53 Å². The molecule has 0 saturated heterocycles. The quantitative estimate of drug-likeness (QED) is 0.376. The molecule has 1 amide bonds. The maximum Gasteiger partial charge on any atom is 0.277 e. The second kappa shape index (κ2) is 10.4. The van der Waals surface area contributed by atoms with Gasteiger partial charge >= 0.3 is 0 Å². The van der Waals surface area contributed by atoms with E-state index in [9.17, 15) is 9.59 Å². The second-order valence-corrected chi connectivity index (χ2v) is 9.61. The van der Waals surface area contributed by atoms with Crippen molar-refractivity contribution in [1.82, 2.24) is 9.58 Å². The number of allylic oxidation sites excluding steroid dienone is 1. The van der Waals surface area contributed by atoms with Gasteiger partial charge in [0.05, 0.1) is 6.04 Å². The molecule has 1 atom stereocenters. The van der Waals surface area contributed by atoms with Crippen molar-refractivity contribution in [3.05, 3.63) is 141 Å². The minimum absolute atomic E-state index is 0.0872. The highest BCUT2D eigenvalue weighted by Crippen LogP contribution is 2.35. The zero-order chi connectivity index (χ0) is 25.9. The van der Waals surface area contributed by atoms with Gasteiger partial charge < -0.3 is 9.64 Å². The van der Waals surface area contributed by atoms with E-state index in [0.717, 1.165) is 35.1 Å². The van der Waals surface area contributed by atoms with Crippen LogP contribution in [-0.2, 0) is 6.61 Å². The Morgan fingerprint density at radius 2 is 1.58 bits per heavy atom. The Kier molecular flexibility index (Phi) is 6.53. The van der Waals surface area contributed by atoms with E-state index in [1.807, 2.05) is 58.1 Å². The Hall–Kier alpha value is -4.58. The fourth-order valence-corrected chi connectivity index (χ4v) is 5.29. The van der Waals surface area contributed by atoms with E-state index in [-0.39, 0.29) is 35.4 Å². The fraction of sp³-hybridized carbons (Fsp3) is 0.188. The van der Waals surface area contributed by atoms with Crippen LogP contribution in [0.4, 0.5) is 0 Å². The predicted molar refractivity (Wildman–Crippen MR) is 149 cm³/mol. The summed E-state index contributed by atoms with van der Waals surface area (Å²) < 4.78 is 7.93. The number of aromatic nitrogens is 1. The number of hydrogen-bond acceptors (Lipinski definition) is 4. The number of hydrogen-bond donors (Lipinski definition) is 0. The lowest BCUT2D eigenvalue weighted by Crippen LogP contribution is -2.55. The number of fused-ring (bicyclic) bond motifs is 5. The maximum atomic E-state index is 13.9. The van der Waals surface area contributed by atoms with Crippen LogP contribution in [0.2, 0.25) is 0 Å². The fourth-order valence-electron chi connectivity index (χ4n) is 5.29. The van der Waals surface area contributed by atoms with Crippen molar-refractivity contribution in [3.8, 4) is 5.75 Å². The highest BCUT2D eigenvalue weighted by Gasteiger charge is 2.37. The van der Waals surface area contributed by atoms with Crippen LogP contribution in [-0.4, -0.2) is 28.7 Å². The third-order valence-corrected chi connectivity index (χ3v) is 7.14. The number of ether oxygens (including phenoxy) is 1. The minimum Gasteiger partial charge on any atom is -0.482 e. The smallest absolute Gasteiger partial charge is 0.277 e. The summed E-state index contributed by atoms with van der Waals surface area (Å²) in [4.78, 5) is 28.8. The normalized spacial score (nSPS) is 17.7. The first-order valence-electron chi connectivity index (χ1n) is 13.0. The van der Waals surface area contributed by atoms with Gasteiger partial charge in [0.25, 0.3) is 5.91 Å². The molecule has 6 rings (SSSR count). The second-order valence-electron chi connectivity index (χ2n) is 9.61. The largest absolute Gasteiger partial charge is 0.482 e. The van der Waals surface area contributed by atoms with Crippen molar-refractivity contribution >= 4 is 12.0 Å². The Morgan fingerprint density at radius 1 is 0.842 bits per heavy atom. The molecular formula is C32H29N3O3. The van der Waals surface area contributed by atoms with Crippen LogP contribution in [0.15, 0.2) is 108 Å². The van der Waals surface area contributed by atoms with Gasteiger partial charge in [-0.2, -0.15) is 0 Å². The summed E-state index contributed by atoms with van der Waals surface area (Å²) in [7, 11) is 0. The minimum atomic E-state index is -0.301. The van der Waals surface area contributed by atoms with Crippen LogP contribution >= 0.6 is 0 Å². The van der Waals surface area contributed by atoms with Gasteiger partial charge in [-0.05, 0) is 35.1 Å². The Bertz CT molecular complexity index is 1530. The number of pyridine rings is 1. The van der Waals surface area contributed by atoms with Gasteiger partial charge in [0.2, 0.25) is 5.43 Å². The van der Waals surface area contributed by atoms with Crippen molar-refractivity contribution in [1.29, 1.82) is 0 Å². The van der Waals surface area contributed by atoms with E-state index in [1.54, 1.807) is 6.20 Å². The van der Waals surface area contributed by atoms with Crippen LogP contribution in [0.3, 0.4) is 0 Å². The van der Waals surface area contributed by atoms with E-state index in [2.05, 4.69) is 53.6 Å². The third kappa shape index (κ3) is 4.50. The summed E-state index contributed by atoms with van der Waals surface area (Å²) in [6.45, 7) is 1.18. The number of nitrogens with zero attached hydrogens (tertiary/aromatic N) is 3. The van der Waals surface area contributed by atoms with Crippen molar-refractivity contribution in [2.24, 2.45) is 0 Å². The molecule has 0 saturated carbocycles. The van der Waals surface area contributed by atoms with Gasteiger partial charge in [-0.25, -0.2) is 0 Å². The van der Waals surface area contributed by atoms with Gasteiger partial charge in [-0.3, -0.25) is 19.3 Å². The molecule has 0 fully saturated rings. The van der Waals surface area contributed by atoms with Crippen LogP contribution in [0.5, 0.6) is 5.75 Å². The van der Waals surface area contributed by atoms with Gasteiger partial charge in [-0.15, -0.1) is 0 Å². The number of carbonyl (C=O) groups excluding carboxylic acids is 1. The van der Waals surface area contributed by atoms with E-state index >= 15 is 0 Å². The molecule has 0 aliphatic carbocycles. The monoisotopic (exact) mass is 503 g/mol. The molecule has 1 unspecified atom stereocenters. The predicted octanol–water partition coefficient (Wildman–Crippen LogP) is 5.38. The first-order valence-corrected chi connectivity index (χ1v) is 13.0. The Labute approximate surface area is 222 Å². The van der Waals surface area contributed by atoms with Crippen molar-refractivity contribution in [2.45, 2.75) is 25.5 Å². The number of amides is 1. The Morgan fingerprint density at radius 3 is 2.39 bits per heavy atom. The average molecular weight is 504 g/mol. The standard InChI is InChI=1S/C32H29N3O3/c36-28-19-21-34-30(31(28)38-22-24-12-4-1-5-13-24)32(37)33-20-11-3-8-14-25-15-9-10-18-27(25)29(35(34)23-33)26-16-6-2-7-17-26/h1-2,4-10,12-19,21,29H,3,11,20,22-23H2/b14-8-. The molecule has 0 N–H and O–H groups in total. The van der Waals surface area contributed by atoms with Crippen LogP contribution < -0.4 is 15.2 Å². The van der Waals surface area contributed by atoms with Gasteiger partial charge in [-0.1, -0.05) is 97.1 Å². The number of carbonyl (C=O) groups is 1. The van der Waals surface area contributed by atoms with E-state index in [0.29, 0.717) is 13.2 Å². The summed E-state index contributed by atoms with van der Waals surface area (Å²) in [6, 6.07) is 29.6. The molecule has 3 heterocycles. The molecule has 2 aliphatic heterocycles. The molecule has 3 aromatic carbocycles. The van der Waals surface area contributed by atoms with Crippen molar-refractivity contribution in [3.63, 3.8) is 0 Å². The highest BCUT2D eigenvalue weighted by atomic mass is 16.5. The summed E-state index contributed by atoms with van der Waals surface area (Å²) in [5, 5.41) is 2.17. The molecule has 0 radical (unpaired) electrons. The molecule has 4 aromatic rings. The molecule has 2 bridgehead atoms. The van der Waals surface area contributed by atoms with Crippen LogP contribution in [0, 0.1) is 0 Å². The number of benzene rings is 3. The molecule has 2 aliphatic rings. The van der Waals surface area contributed by atoms with Crippen molar-refractivity contribution in [2.75, 3.05) is 18.2 Å². The molecule has 190 valence electrons. The Balaban J connectivity index is 1.54. The molecule has 38 heavy (non-hydrogen) atoms.